The molecule has 0 rings (SSSR count). The monoisotopic (exact) mass is 215 g/mol. The van der Waals surface area contributed by atoms with Crippen LogP contribution >= 0.6 is 12.2 Å². The second-order valence-electron chi connectivity index (χ2n) is 3.82. The van der Waals surface area contributed by atoms with E-state index < -0.39 is 0 Å². The molecule has 3 nitrogen and oxygen atoms in total. The summed E-state index contributed by atoms with van der Waals surface area (Å²) in [6, 6.07) is 0. The van der Waals surface area contributed by atoms with Crippen molar-refractivity contribution in [1.29, 1.82) is 0 Å². The van der Waals surface area contributed by atoms with Crippen LogP contribution in [0.2, 0.25) is 0 Å². The molecule has 0 aromatic heterocycles. The number of rotatable bonds is 4. The van der Waals surface area contributed by atoms with Gasteiger partial charge >= 0.3 is 0 Å². The molecular formula is C10H21N3S. The van der Waals surface area contributed by atoms with E-state index in [0.29, 0.717) is 16.9 Å². The van der Waals surface area contributed by atoms with E-state index in [1.165, 1.54) is 0 Å². The second kappa shape index (κ2) is 6.76. The van der Waals surface area contributed by atoms with Gasteiger partial charge in [-0.1, -0.05) is 27.7 Å². The number of hydrazone groups is 1. The van der Waals surface area contributed by atoms with Crippen LogP contribution in [-0.4, -0.2) is 17.4 Å². The minimum absolute atomic E-state index is 0.451. The van der Waals surface area contributed by atoms with Gasteiger partial charge in [0.1, 0.15) is 0 Å². The largest absolute Gasteiger partial charge is 0.362 e. The van der Waals surface area contributed by atoms with Crippen molar-refractivity contribution in [2.75, 3.05) is 6.54 Å². The zero-order valence-corrected chi connectivity index (χ0v) is 10.5. The first-order chi connectivity index (χ1) is 6.49. The number of thiocarbonyl (C=S) groups is 1. The van der Waals surface area contributed by atoms with Crippen molar-refractivity contribution in [3.05, 3.63) is 0 Å². The minimum atomic E-state index is 0.451. The van der Waals surface area contributed by atoms with Gasteiger partial charge in [0.15, 0.2) is 5.11 Å². The molecule has 0 spiro atoms. The molecule has 0 aliphatic carbocycles. The van der Waals surface area contributed by atoms with E-state index in [9.17, 15) is 0 Å². The quantitative estimate of drug-likeness (QED) is 0.428. The highest BCUT2D eigenvalue weighted by Crippen LogP contribution is 2.06. The predicted octanol–water partition coefficient (Wildman–Crippen LogP) is 2.14. The lowest BCUT2D eigenvalue weighted by Gasteiger charge is -2.14. The Morgan fingerprint density at radius 2 is 1.71 bits per heavy atom. The van der Waals surface area contributed by atoms with Gasteiger partial charge in [0.2, 0.25) is 0 Å². The molecular weight excluding hydrogens is 194 g/mol. The predicted molar refractivity (Wildman–Crippen MR) is 66.5 cm³/mol. The van der Waals surface area contributed by atoms with E-state index in [0.717, 1.165) is 12.3 Å². The molecule has 0 unspecified atom stereocenters. The van der Waals surface area contributed by atoms with Crippen molar-refractivity contribution < 1.29 is 0 Å². The van der Waals surface area contributed by atoms with E-state index in [1.54, 1.807) is 0 Å². The maximum Gasteiger partial charge on any atom is 0.186 e. The Morgan fingerprint density at radius 3 is 2.07 bits per heavy atom. The van der Waals surface area contributed by atoms with E-state index >= 15 is 0 Å². The summed E-state index contributed by atoms with van der Waals surface area (Å²) in [4.78, 5) is 0. The number of hydrogen-bond donors (Lipinski definition) is 2. The standard InChI is InChI=1S/C10H21N3S/c1-6-11-10(14)13-12-9(7(2)3)8(4)5/h7-8H,6H2,1-5H3,(H2,11,13,14). The van der Waals surface area contributed by atoms with Crippen LogP contribution in [-0.2, 0) is 0 Å². The summed E-state index contributed by atoms with van der Waals surface area (Å²) in [6.45, 7) is 11.4. The van der Waals surface area contributed by atoms with E-state index in [2.05, 4.69) is 43.5 Å². The normalized spacial score (nSPS) is 10.2. The van der Waals surface area contributed by atoms with Crippen molar-refractivity contribution >= 4 is 23.0 Å². The van der Waals surface area contributed by atoms with Crippen LogP contribution in [0.25, 0.3) is 0 Å². The van der Waals surface area contributed by atoms with Gasteiger partial charge in [-0.15, -0.1) is 0 Å². The van der Waals surface area contributed by atoms with Gasteiger partial charge in [0.05, 0.1) is 0 Å². The zero-order valence-electron chi connectivity index (χ0n) is 9.72. The van der Waals surface area contributed by atoms with Crippen molar-refractivity contribution in [3.63, 3.8) is 0 Å². The molecule has 0 saturated heterocycles. The Bertz CT molecular complexity index is 199. The van der Waals surface area contributed by atoms with E-state index in [4.69, 9.17) is 12.2 Å². The molecule has 82 valence electrons. The number of nitrogens with one attached hydrogen (secondary N) is 2. The SMILES string of the molecule is CCNC(=S)NN=C(C(C)C)C(C)C. The third kappa shape index (κ3) is 5.17. The molecule has 0 bridgehead atoms. The highest BCUT2D eigenvalue weighted by molar-refractivity contribution is 7.80. The molecule has 0 aromatic carbocycles. The lowest BCUT2D eigenvalue weighted by Crippen LogP contribution is -2.33. The summed E-state index contributed by atoms with van der Waals surface area (Å²) >= 11 is 5.02. The molecule has 0 saturated carbocycles. The fourth-order valence-electron chi connectivity index (χ4n) is 1.24. The van der Waals surface area contributed by atoms with E-state index in [1.807, 2.05) is 6.92 Å². The Morgan fingerprint density at radius 1 is 1.21 bits per heavy atom. The Kier molecular flexibility index (Phi) is 6.45. The van der Waals surface area contributed by atoms with Crippen molar-refractivity contribution in [3.8, 4) is 0 Å². The van der Waals surface area contributed by atoms with Gasteiger partial charge in [-0.3, -0.25) is 5.43 Å². The molecule has 0 fully saturated rings. The van der Waals surface area contributed by atoms with Crippen LogP contribution in [0.4, 0.5) is 0 Å². The van der Waals surface area contributed by atoms with Crippen LogP contribution in [0.5, 0.6) is 0 Å². The summed E-state index contributed by atoms with van der Waals surface area (Å²) in [6.07, 6.45) is 0. The number of nitrogens with zero attached hydrogens (tertiary/aromatic N) is 1. The van der Waals surface area contributed by atoms with Crippen LogP contribution in [0.15, 0.2) is 5.10 Å². The average molecular weight is 215 g/mol. The van der Waals surface area contributed by atoms with Crippen molar-refractivity contribution in [2.24, 2.45) is 16.9 Å². The average Bonchev–Trinajstić information content (AvgIpc) is 2.03. The molecule has 2 N–H and O–H groups in total. The lowest BCUT2D eigenvalue weighted by molar-refractivity contribution is 0.743. The van der Waals surface area contributed by atoms with Crippen LogP contribution in [0.3, 0.4) is 0 Å². The fourth-order valence-corrected chi connectivity index (χ4v) is 1.43. The summed E-state index contributed by atoms with van der Waals surface area (Å²) < 4.78 is 0. The minimum Gasteiger partial charge on any atom is -0.362 e. The molecule has 0 aliphatic heterocycles. The van der Waals surface area contributed by atoms with Gasteiger partial charge in [-0.25, -0.2) is 0 Å². The molecule has 4 heteroatoms. The Balaban J connectivity index is 4.23. The molecule has 0 atom stereocenters. The zero-order chi connectivity index (χ0) is 11.1. The first-order valence-corrected chi connectivity index (χ1v) is 5.51. The second-order valence-corrected chi connectivity index (χ2v) is 4.23. The van der Waals surface area contributed by atoms with Gasteiger partial charge < -0.3 is 5.32 Å². The Labute approximate surface area is 92.3 Å². The van der Waals surface area contributed by atoms with Crippen LogP contribution in [0.1, 0.15) is 34.6 Å². The maximum atomic E-state index is 5.02. The fraction of sp³-hybridized carbons (Fsp3) is 0.800. The molecule has 0 amide bonds. The molecule has 0 heterocycles. The molecule has 14 heavy (non-hydrogen) atoms. The van der Waals surface area contributed by atoms with Gasteiger partial charge in [0, 0.05) is 12.3 Å². The Hall–Kier alpha value is -0.640. The molecule has 0 aliphatic rings. The van der Waals surface area contributed by atoms with Crippen LogP contribution < -0.4 is 10.7 Å². The van der Waals surface area contributed by atoms with Gasteiger partial charge in [-0.2, -0.15) is 5.10 Å². The first-order valence-electron chi connectivity index (χ1n) is 5.10. The van der Waals surface area contributed by atoms with Crippen molar-refractivity contribution in [1.82, 2.24) is 10.7 Å². The van der Waals surface area contributed by atoms with E-state index in [-0.39, 0.29) is 0 Å². The summed E-state index contributed by atoms with van der Waals surface area (Å²) in [7, 11) is 0. The van der Waals surface area contributed by atoms with Crippen molar-refractivity contribution in [2.45, 2.75) is 34.6 Å². The molecule has 0 aromatic rings. The smallest absolute Gasteiger partial charge is 0.186 e. The third-order valence-corrected chi connectivity index (χ3v) is 2.04. The highest BCUT2D eigenvalue weighted by atomic mass is 32.1. The molecule has 0 radical (unpaired) electrons. The summed E-state index contributed by atoms with van der Waals surface area (Å²) in [5.74, 6) is 0.902. The van der Waals surface area contributed by atoms with Gasteiger partial charge in [-0.05, 0) is 31.0 Å². The van der Waals surface area contributed by atoms with Gasteiger partial charge in [0.25, 0.3) is 0 Å². The topological polar surface area (TPSA) is 36.4 Å². The lowest BCUT2D eigenvalue weighted by atomic mass is 9.98. The third-order valence-electron chi connectivity index (χ3n) is 1.81. The highest BCUT2D eigenvalue weighted by Gasteiger charge is 2.09. The summed E-state index contributed by atoms with van der Waals surface area (Å²) in [5, 5.41) is 7.89. The number of hydrogen-bond acceptors (Lipinski definition) is 2. The summed E-state index contributed by atoms with van der Waals surface area (Å²) in [5.41, 5.74) is 4.00. The maximum absolute atomic E-state index is 5.02. The first kappa shape index (κ1) is 13.4. The van der Waals surface area contributed by atoms with Crippen LogP contribution in [0, 0.1) is 11.8 Å².